The monoisotopic (exact) mass is 397 g/mol. The first-order valence-corrected chi connectivity index (χ1v) is 10.0. The molecule has 0 spiro atoms. The van der Waals surface area contributed by atoms with Gasteiger partial charge in [0.25, 0.3) is 5.91 Å². The SMILES string of the molecule is Cc1ncsc1C(=O)N1CCCCC1c1nc(N)ncc1-c1ccc(F)cc1. The van der Waals surface area contributed by atoms with Gasteiger partial charge in [0.05, 0.1) is 22.9 Å². The molecule has 0 radical (unpaired) electrons. The van der Waals surface area contributed by atoms with E-state index >= 15 is 0 Å². The number of nitrogens with zero attached hydrogens (tertiary/aromatic N) is 4. The van der Waals surface area contributed by atoms with Gasteiger partial charge in [-0.1, -0.05) is 12.1 Å². The molecule has 1 atom stereocenters. The van der Waals surface area contributed by atoms with Crippen LogP contribution in [-0.4, -0.2) is 32.3 Å². The lowest BCUT2D eigenvalue weighted by molar-refractivity contribution is 0.0611. The van der Waals surface area contributed by atoms with Gasteiger partial charge in [-0.15, -0.1) is 11.3 Å². The number of nitrogen functional groups attached to an aromatic ring is 1. The fourth-order valence-electron chi connectivity index (χ4n) is 3.61. The number of carbonyl (C=O) groups excluding carboxylic acids is 1. The Kier molecular flexibility index (Phi) is 5.04. The van der Waals surface area contributed by atoms with Crippen LogP contribution in [0, 0.1) is 12.7 Å². The zero-order chi connectivity index (χ0) is 19.7. The van der Waals surface area contributed by atoms with E-state index in [4.69, 9.17) is 5.73 Å². The molecule has 0 aliphatic carbocycles. The molecule has 2 aromatic heterocycles. The molecule has 1 unspecified atom stereocenters. The summed E-state index contributed by atoms with van der Waals surface area (Å²) in [5.74, 6) is -0.184. The van der Waals surface area contributed by atoms with Gasteiger partial charge in [0, 0.05) is 18.3 Å². The van der Waals surface area contributed by atoms with Crippen molar-refractivity contribution in [3.8, 4) is 11.1 Å². The van der Waals surface area contributed by atoms with E-state index in [-0.39, 0.29) is 23.7 Å². The van der Waals surface area contributed by atoms with Crippen LogP contribution in [0.25, 0.3) is 11.1 Å². The zero-order valence-electron chi connectivity index (χ0n) is 15.4. The zero-order valence-corrected chi connectivity index (χ0v) is 16.2. The van der Waals surface area contributed by atoms with E-state index in [0.29, 0.717) is 17.1 Å². The molecule has 3 heterocycles. The van der Waals surface area contributed by atoms with Gasteiger partial charge < -0.3 is 10.6 Å². The quantitative estimate of drug-likeness (QED) is 0.722. The van der Waals surface area contributed by atoms with Crippen molar-refractivity contribution in [2.24, 2.45) is 0 Å². The molecule has 2 N–H and O–H groups in total. The van der Waals surface area contributed by atoms with E-state index in [9.17, 15) is 9.18 Å². The van der Waals surface area contributed by atoms with Gasteiger partial charge in [-0.2, -0.15) is 0 Å². The average Bonchev–Trinajstić information content (AvgIpc) is 3.14. The maximum atomic E-state index is 13.4. The largest absolute Gasteiger partial charge is 0.368 e. The molecule has 1 aliphatic rings. The van der Waals surface area contributed by atoms with Gasteiger partial charge in [-0.05, 0) is 43.9 Å². The Morgan fingerprint density at radius 1 is 1.25 bits per heavy atom. The Hall–Kier alpha value is -2.87. The van der Waals surface area contributed by atoms with Crippen molar-refractivity contribution >= 4 is 23.2 Å². The lowest BCUT2D eigenvalue weighted by Crippen LogP contribution is -2.39. The summed E-state index contributed by atoms with van der Waals surface area (Å²) in [6.07, 6.45) is 4.36. The molecule has 0 bridgehead atoms. The molecule has 28 heavy (non-hydrogen) atoms. The van der Waals surface area contributed by atoms with Crippen molar-refractivity contribution in [2.45, 2.75) is 32.2 Å². The van der Waals surface area contributed by atoms with Crippen LogP contribution in [0.3, 0.4) is 0 Å². The fourth-order valence-corrected chi connectivity index (χ4v) is 4.37. The van der Waals surface area contributed by atoms with E-state index in [0.717, 1.165) is 36.1 Å². The minimum Gasteiger partial charge on any atom is -0.368 e. The second-order valence-electron chi connectivity index (χ2n) is 6.81. The van der Waals surface area contributed by atoms with E-state index < -0.39 is 0 Å². The van der Waals surface area contributed by atoms with Crippen LogP contribution < -0.4 is 5.73 Å². The maximum absolute atomic E-state index is 13.4. The average molecular weight is 397 g/mol. The van der Waals surface area contributed by atoms with Crippen molar-refractivity contribution in [2.75, 3.05) is 12.3 Å². The van der Waals surface area contributed by atoms with Crippen molar-refractivity contribution in [1.29, 1.82) is 0 Å². The number of likely N-dealkylation sites (tertiary alicyclic amines) is 1. The number of carbonyl (C=O) groups is 1. The molecule has 144 valence electrons. The van der Waals surface area contributed by atoms with Gasteiger partial charge in [-0.25, -0.2) is 19.3 Å². The Bertz CT molecular complexity index is 1000. The van der Waals surface area contributed by atoms with Gasteiger partial charge >= 0.3 is 0 Å². The molecule has 3 aromatic rings. The molecule has 1 fully saturated rings. The number of rotatable bonds is 3. The van der Waals surface area contributed by atoms with E-state index in [1.807, 2.05) is 11.8 Å². The standard InChI is InChI=1S/C20H20FN5OS/c1-12-18(28-11-24-12)19(27)26-9-3-2-4-16(26)17-15(10-23-20(22)25-17)13-5-7-14(21)8-6-13/h5-8,10-11,16H,2-4,9H2,1H3,(H2,22,23,25). The summed E-state index contributed by atoms with van der Waals surface area (Å²) in [5.41, 5.74) is 10.6. The van der Waals surface area contributed by atoms with Crippen LogP contribution in [0.5, 0.6) is 0 Å². The van der Waals surface area contributed by atoms with Crippen LogP contribution >= 0.6 is 11.3 Å². The van der Waals surface area contributed by atoms with Crippen LogP contribution in [0.1, 0.15) is 46.4 Å². The van der Waals surface area contributed by atoms with Crippen molar-refractivity contribution in [1.82, 2.24) is 19.9 Å². The van der Waals surface area contributed by atoms with E-state index in [1.165, 1.54) is 23.5 Å². The summed E-state index contributed by atoms with van der Waals surface area (Å²) in [5, 5.41) is 0. The van der Waals surface area contributed by atoms with Crippen molar-refractivity contribution in [3.63, 3.8) is 0 Å². The van der Waals surface area contributed by atoms with Gasteiger partial charge in [0.1, 0.15) is 10.7 Å². The fraction of sp³-hybridized carbons (Fsp3) is 0.300. The summed E-state index contributed by atoms with van der Waals surface area (Å²) in [6.45, 7) is 2.49. The highest BCUT2D eigenvalue weighted by molar-refractivity contribution is 7.11. The number of piperidine rings is 1. The highest BCUT2D eigenvalue weighted by Gasteiger charge is 2.33. The third-order valence-corrected chi connectivity index (χ3v) is 5.93. The molecular weight excluding hydrogens is 377 g/mol. The second-order valence-corrected chi connectivity index (χ2v) is 7.67. The number of benzene rings is 1. The van der Waals surface area contributed by atoms with Crippen LogP contribution in [0.15, 0.2) is 36.0 Å². The Morgan fingerprint density at radius 3 is 2.75 bits per heavy atom. The lowest BCUT2D eigenvalue weighted by Gasteiger charge is -2.36. The molecule has 1 amide bonds. The number of thiazole rings is 1. The molecular formula is C20H20FN5OS. The van der Waals surface area contributed by atoms with Gasteiger partial charge in [0.15, 0.2) is 0 Å². The first-order valence-electron chi connectivity index (χ1n) is 9.14. The van der Waals surface area contributed by atoms with E-state index in [2.05, 4.69) is 15.0 Å². The van der Waals surface area contributed by atoms with Crippen LogP contribution in [-0.2, 0) is 0 Å². The summed E-state index contributed by atoms with van der Waals surface area (Å²) in [4.78, 5) is 28.6. The minimum absolute atomic E-state index is 0.0352. The van der Waals surface area contributed by atoms with Gasteiger partial charge in [-0.3, -0.25) is 4.79 Å². The summed E-state index contributed by atoms with van der Waals surface area (Å²) in [6, 6.07) is 5.97. The van der Waals surface area contributed by atoms with Crippen LogP contribution in [0.2, 0.25) is 0 Å². The lowest BCUT2D eigenvalue weighted by atomic mass is 9.93. The third-order valence-electron chi connectivity index (χ3n) is 5.01. The molecule has 4 rings (SSSR count). The Morgan fingerprint density at radius 2 is 2.04 bits per heavy atom. The number of aryl methyl sites for hydroxylation is 1. The number of anilines is 1. The predicted octanol–water partition coefficient (Wildman–Crippen LogP) is 4.00. The topological polar surface area (TPSA) is 85.0 Å². The van der Waals surface area contributed by atoms with Gasteiger partial charge in [0.2, 0.25) is 5.95 Å². The molecule has 1 saturated heterocycles. The molecule has 1 aromatic carbocycles. The smallest absolute Gasteiger partial charge is 0.266 e. The summed E-state index contributed by atoms with van der Waals surface area (Å²) < 4.78 is 13.4. The number of nitrogens with two attached hydrogens (primary N) is 1. The Balaban J connectivity index is 1.77. The molecule has 0 saturated carbocycles. The highest BCUT2D eigenvalue weighted by atomic mass is 32.1. The first kappa shape index (κ1) is 18.5. The molecule has 8 heteroatoms. The molecule has 6 nitrogen and oxygen atoms in total. The highest BCUT2D eigenvalue weighted by Crippen LogP contribution is 2.37. The van der Waals surface area contributed by atoms with Crippen molar-refractivity contribution in [3.05, 3.63) is 58.1 Å². The normalized spacial score (nSPS) is 16.9. The number of amides is 1. The van der Waals surface area contributed by atoms with Crippen LogP contribution in [0.4, 0.5) is 10.3 Å². The summed E-state index contributed by atoms with van der Waals surface area (Å²) in [7, 11) is 0. The van der Waals surface area contributed by atoms with Crippen molar-refractivity contribution < 1.29 is 9.18 Å². The summed E-state index contributed by atoms with van der Waals surface area (Å²) >= 11 is 1.35. The Labute approximate surface area is 166 Å². The molecule has 1 aliphatic heterocycles. The number of halogens is 1. The number of aromatic nitrogens is 3. The minimum atomic E-state index is -0.309. The second kappa shape index (κ2) is 7.63. The maximum Gasteiger partial charge on any atom is 0.266 e. The number of hydrogen-bond donors (Lipinski definition) is 1. The first-order chi connectivity index (χ1) is 13.5. The third kappa shape index (κ3) is 3.47. The van der Waals surface area contributed by atoms with E-state index in [1.54, 1.807) is 23.8 Å². The number of hydrogen-bond acceptors (Lipinski definition) is 6. The predicted molar refractivity (Wildman–Crippen MR) is 106 cm³/mol.